The fourth-order valence-corrected chi connectivity index (χ4v) is 4.71. The number of aromatic amines is 1. The first-order chi connectivity index (χ1) is 15.0. The van der Waals surface area contributed by atoms with E-state index in [1.54, 1.807) is 23.6 Å². The highest BCUT2D eigenvalue weighted by Crippen LogP contribution is 2.23. The van der Waals surface area contributed by atoms with Gasteiger partial charge in [-0.2, -0.15) is 0 Å². The molecule has 1 aliphatic heterocycles. The molecule has 5 nitrogen and oxygen atoms in total. The molecular formula is C24H24ClN3O2S. The first-order valence-corrected chi connectivity index (χ1v) is 11.4. The number of carbonyl (C=O) groups is 1. The van der Waals surface area contributed by atoms with Crippen LogP contribution in [0.3, 0.4) is 0 Å². The molecule has 0 spiro atoms. The molecule has 3 aromatic rings. The van der Waals surface area contributed by atoms with Crippen molar-refractivity contribution in [2.45, 2.75) is 19.5 Å². The van der Waals surface area contributed by atoms with E-state index in [1.165, 1.54) is 6.07 Å². The molecule has 0 aliphatic carbocycles. The molecule has 1 aromatic carbocycles. The predicted molar refractivity (Wildman–Crippen MR) is 127 cm³/mol. The Kier molecular flexibility index (Phi) is 6.70. The van der Waals surface area contributed by atoms with Crippen LogP contribution in [0.5, 0.6) is 0 Å². The summed E-state index contributed by atoms with van der Waals surface area (Å²) in [5.74, 6) is 0.156. The van der Waals surface area contributed by atoms with Crippen LogP contribution in [0, 0.1) is 0 Å². The summed E-state index contributed by atoms with van der Waals surface area (Å²) in [6.07, 6.45) is 5.87. The van der Waals surface area contributed by atoms with Gasteiger partial charge in [0.25, 0.3) is 0 Å². The number of halogens is 1. The minimum absolute atomic E-state index is 0.112. The lowest BCUT2D eigenvalue weighted by molar-refractivity contribution is -0.141. The van der Waals surface area contributed by atoms with Gasteiger partial charge in [0.1, 0.15) is 0 Å². The molecular weight excluding hydrogens is 430 g/mol. The van der Waals surface area contributed by atoms with Gasteiger partial charge in [-0.15, -0.1) is 11.3 Å². The molecule has 1 atom stereocenters. The highest BCUT2D eigenvalue weighted by molar-refractivity contribution is 7.16. The van der Waals surface area contributed by atoms with Crippen molar-refractivity contribution in [2.24, 2.45) is 0 Å². The Hall–Kier alpha value is -2.67. The highest BCUT2D eigenvalue weighted by atomic mass is 35.5. The molecule has 2 aromatic heterocycles. The number of hydrogen-bond acceptors (Lipinski definition) is 4. The summed E-state index contributed by atoms with van der Waals surface area (Å²) in [5.41, 5.74) is 2.97. The molecule has 0 saturated carbocycles. The van der Waals surface area contributed by atoms with E-state index < -0.39 is 0 Å². The summed E-state index contributed by atoms with van der Waals surface area (Å²) >= 11 is 7.52. The molecule has 160 valence electrons. The van der Waals surface area contributed by atoms with E-state index in [0.717, 1.165) is 39.0 Å². The Labute approximate surface area is 190 Å². The summed E-state index contributed by atoms with van der Waals surface area (Å²) in [4.78, 5) is 32.1. The van der Waals surface area contributed by atoms with Crippen LogP contribution in [0.15, 0.2) is 65.6 Å². The van der Waals surface area contributed by atoms with Gasteiger partial charge in [0.15, 0.2) is 0 Å². The van der Waals surface area contributed by atoms with Crippen molar-refractivity contribution in [3.05, 3.63) is 85.9 Å². The van der Waals surface area contributed by atoms with E-state index in [1.807, 2.05) is 48.2 Å². The molecule has 1 unspecified atom stereocenters. The fourth-order valence-electron chi connectivity index (χ4n) is 3.72. The molecule has 1 fully saturated rings. The standard InChI is InChI=1S/C24H24ClN3O2S/c1-17-24(30)28(14-13-27(17)12-2-3-21-9-10-22(25)31-21)16-18-4-6-19(7-5-18)20-8-11-23(29)26-15-20/h2-11,15,17H,12-14,16H2,1H3,(H,26,29)/b3-2+. The molecule has 1 aliphatic rings. The summed E-state index contributed by atoms with van der Waals surface area (Å²) in [6.45, 7) is 4.88. The van der Waals surface area contributed by atoms with Gasteiger partial charge in [-0.05, 0) is 47.9 Å². The maximum atomic E-state index is 12.9. The van der Waals surface area contributed by atoms with Crippen LogP contribution < -0.4 is 5.56 Å². The second-order valence-electron chi connectivity index (χ2n) is 7.61. The molecule has 0 bridgehead atoms. The third-order valence-electron chi connectivity index (χ3n) is 5.53. The molecule has 0 radical (unpaired) electrons. The average Bonchev–Trinajstić information content (AvgIpc) is 3.19. The predicted octanol–water partition coefficient (Wildman–Crippen LogP) is 4.50. The number of thiophene rings is 1. The van der Waals surface area contributed by atoms with Crippen LogP contribution in [0.4, 0.5) is 0 Å². The zero-order valence-electron chi connectivity index (χ0n) is 17.3. The van der Waals surface area contributed by atoms with Crippen LogP contribution in [-0.2, 0) is 11.3 Å². The van der Waals surface area contributed by atoms with Gasteiger partial charge < -0.3 is 9.88 Å². The normalized spacial score (nSPS) is 17.5. The molecule has 7 heteroatoms. The quantitative estimate of drug-likeness (QED) is 0.597. The summed E-state index contributed by atoms with van der Waals surface area (Å²) < 4.78 is 0.781. The number of benzene rings is 1. The van der Waals surface area contributed by atoms with Crippen LogP contribution >= 0.6 is 22.9 Å². The van der Waals surface area contributed by atoms with Crippen molar-refractivity contribution in [1.29, 1.82) is 0 Å². The van der Waals surface area contributed by atoms with Gasteiger partial charge in [0.05, 0.1) is 10.4 Å². The van der Waals surface area contributed by atoms with E-state index in [-0.39, 0.29) is 17.5 Å². The van der Waals surface area contributed by atoms with Gasteiger partial charge in [0, 0.05) is 43.3 Å². The molecule has 1 N–H and O–H groups in total. The summed E-state index contributed by atoms with van der Waals surface area (Å²) in [5, 5.41) is 0. The van der Waals surface area contributed by atoms with Crippen molar-refractivity contribution in [1.82, 2.24) is 14.8 Å². The number of pyridine rings is 1. The highest BCUT2D eigenvalue weighted by Gasteiger charge is 2.30. The van der Waals surface area contributed by atoms with Crippen molar-refractivity contribution in [2.75, 3.05) is 19.6 Å². The maximum absolute atomic E-state index is 12.9. The SMILES string of the molecule is CC1C(=O)N(Cc2ccc(-c3ccc(=O)[nH]c3)cc2)CCN1C/C=C/c1ccc(Cl)s1. The summed E-state index contributed by atoms with van der Waals surface area (Å²) in [7, 11) is 0. The number of rotatable bonds is 6. The molecule has 1 saturated heterocycles. The Morgan fingerprint density at radius 2 is 1.84 bits per heavy atom. The zero-order chi connectivity index (χ0) is 21.8. The second-order valence-corrected chi connectivity index (χ2v) is 9.36. The second kappa shape index (κ2) is 9.64. The van der Waals surface area contributed by atoms with Crippen LogP contribution in [0.25, 0.3) is 17.2 Å². The lowest BCUT2D eigenvalue weighted by atomic mass is 10.0. The largest absolute Gasteiger partial charge is 0.336 e. The van der Waals surface area contributed by atoms with Crippen molar-refractivity contribution < 1.29 is 4.79 Å². The molecule has 3 heterocycles. The number of nitrogens with zero attached hydrogens (tertiary/aromatic N) is 2. The number of nitrogens with one attached hydrogen (secondary N) is 1. The third kappa shape index (κ3) is 5.34. The minimum Gasteiger partial charge on any atom is -0.336 e. The number of H-pyrrole nitrogens is 1. The Balaban J connectivity index is 1.34. The number of aromatic nitrogens is 1. The lowest BCUT2D eigenvalue weighted by Crippen LogP contribution is -2.55. The van der Waals surface area contributed by atoms with E-state index in [9.17, 15) is 9.59 Å². The van der Waals surface area contributed by atoms with Crippen LogP contribution in [-0.4, -0.2) is 46.4 Å². The Bertz CT molecular complexity index is 1120. The van der Waals surface area contributed by atoms with Crippen molar-refractivity contribution in [3.63, 3.8) is 0 Å². The maximum Gasteiger partial charge on any atom is 0.247 e. The van der Waals surface area contributed by atoms with Crippen molar-refractivity contribution >= 4 is 34.9 Å². The van der Waals surface area contributed by atoms with Crippen LogP contribution in [0.1, 0.15) is 17.4 Å². The molecule has 1 amide bonds. The van der Waals surface area contributed by atoms with E-state index in [0.29, 0.717) is 13.1 Å². The van der Waals surface area contributed by atoms with Crippen LogP contribution in [0.2, 0.25) is 4.34 Å². The Morgan fingerprint density at radius 1 is 1.06 bits per heavy atom. The minimum atomic E-state index is -0.147. The monoisotopic (exact) mass is 453 g/mol. The van der Waals surface area contributed by atoms with Gasteiger partial charge in [-0.25, -0.2) is 0 Å². The lowest BCUT2D eigenvalue weighted by Gasteiger charge is -2.38. The zero-order valence-corrected chi connectivity index (χ0v) is 18.8. The average molecular weight is 454 g/mol. The van der Waals surface area contributed by atoms with E-state index in [2.05, 4.69) is 22.0 Å². The summed E-state index contributed by atoms with van der Waals surface area (Å²) in [6, 6.07) is 15.2. The van der Waals surface area contributed by atoms with E-state index >= 15 is 0 Å². The van der Waals surface area contributed by atoms with Gasteiger partial charge >= 0.3 is 0 Å². The van der Waals surface area contributed by atoms with Crippen molar-refractivity contribution in [3.8, 4) is 11.1 Å². The number of amides is 1. The fraction of sp³-hybridized carbons (Fsp3) is 0.250. The molecule has 31 heavy (non-hydrogen) atoms. The molecule has 4 rings (SSSR count). The van der Waals surface area contributed by atoms with E-state index in [4.69, 9.17) is 11.6 Å². The van der Waals surface area contributed by atoms with Gasteiger partial charge in [-0.3, -0.25) is 14.5 Å². The number of hydrogen-bond donors (Lipinski definition) is 1. The topological polar surface area (TPSA) is 56.4 Å². The first-order valence-electron chi connectivity index (χ1n) is 10.2. The number of carbonyl (C=O) groups excluding carboxylic acids is 1. The Morgan fingerprint density at radius 3 is 2.52 bits per heavy atom. The first kappa shape index (κ1) is 21.6. The smallest absolute Gasteiger partial charge is 0.247 e. The number of piperazine rings is 1. The third-order valence-corrected chi connectivity index (χ3v) is 6.73. The van der Waals surface area contributed by atoms with Gasteiger partial charge in [-0.1, -0.05) is 41.9 Å². The van der Waals surface area contributed by atoms with Gasteiger partial charge in [0.2, 0.25) is 11.5 Å².